The summed E-state index contributed by atoms with van der Waals surface area (Å²) in [6, 6.07) is 2.04. The zero-order chi connectivity index (χ0) is 13.5. The van der Waals surface area contributed by atoms with Gasteiger partial charge in [0.25, 0.3) is 0 Å². The highest BCUT2D eigenvalue weighted by Crippen LogP contribution is 2.33. The number of rotatable bonds is 4. The first-order valence-electron chi connectivity index (χ1n) is 5.58. The molecule has 1 fully saturated rings. The summed E-state index contributed by atoms with van der Waals surface area (Å²) in [6.45, 7) is 1.76. The molecule has 7 heteroatoms. The van der Waals surface area contributed by atoms with Crippen LogP contribution in [0.1, 0.15) is 19.8 Å². The van der Waals surface area contributed by atoms with Gasteiger partial charge in [0.2, 0.25) is 10.0 Å². The molecular weight excluding hydrogens is 279 g/mol. The van der Waals surface area contributed by atoms with Crippen molar-refractivity contribution in [3.8, 4) is 0 Å². The molecule has 2 rings (SSSR count). The molecule has 4 nitrogen and oxygen atoms in total. The lowest BCUT2D eigenvalue weighted by molar-refractivity contribution is 0.526. The summed E-state index contributed by atoms with van der Waals surface area (Å²) >= 11 is 5.59. The Kier molecular flexibility index (Phi) is 3.53. The van der Waals surface area contributed by atoms with Gasteiger partial charge in [-0.2, -0.15) is 0 Å². The molecule has 1 saturated carbocycles. The van der Waals surface area contributed by atoms with E-state index in [4.69, 9.17) is 17.3 Å². The van der Waals surface area contributed by atoms with Crippen LogP contribution in [0.3, 0.4) is 0 Å². The average molecular weight is 293 g/mol. The second-order valence-electron chi connectivity index (χ2n) is 4.56. The molecule has 100 valence electrons. The van der Waals surface area contributed by atoms with E-state index in [-0.39, 0.29) is 16.8 Å². The molecule has 0 bridgehead atoms. The summed E-state index contributed by atoms with van der Waals surface area (Å²) in [6.07, 6.45) is 1.98. The monoisotopic (exact) mass is 292 g/mol. The second kappa shape index (κ2) is 4.68. The molecule has 0 heterocycles. The van der Waals surface area contributed by atoms with Gasteiger partial charge in [-0.05, 0) is 37.8 Å². The second-order valence-corrected chi connectivity index (χ2v) is 6.65. The van der Waals surface area contributed by atoms with Crippen LogP contribution < -0.4 is 10.5 Å². The van der Waals surface area contributed by atoms with Crippen molar-refractivity contribution in [3.05, 3.63) is 23.0 Å². The van der Waals surface area contributed by atoms with Crippen LogP contribution in [0.15, 0.2) is 17.0 Å². The number of nitrogens with one attached hydrogen (secondary N) is 1. The van der Waals surface area contributed by atoms with E-state index in [0.29, 0.717) is 5.92 Å². The molecule has 1 unspecified atom stereocenters. The van der Waals surface area contributed by atoms with Gasteiger partial charge in [0.05, 0.1) is 5.02 Å². The van der Waals surface area contributed by atoms with E-state index in [1.54, 1.807) is 6.92 Å². The van der Waals surface area contributed by atoms with Crippen molar-refractivity contribution in [2.75, 3.05) is 5.73 Å². The summed E-state index contributed by atoms with van der Waals surface area (Å²) in [5.41, 5.74) is 5.60. The third kappa shape index (κ3) is 2.76. The number of hydrogen-bond acceptors (Lipinski definition) is 3. The molecule has 1 aromatic rings. The topological polar surface area (TPSA) is 72.2 Å². The number of nitrogen functional groups attached to an aromatic ring is 1. The van der Waals surface area contributed by atoms with Crippen molar-refractivity contribution in [1.82, 2.24) is 4.72 Å². The average Bonchev–Trinajstić information content (AvgIpc) is 3.05. The van der Waals surface area contributed by atoms with Gasteiger partial charge < -0.3 is 5.73 Å². The first kappa shape index (κ1) is 13.6. The number of hydrogen-bond donors (Lipinski definition) is 2. The molecule has 0 radical (unpaired) electrons. The Hall–Kier alpha value is -0.850. The van der Waals surface area contributed by atoms with Crippen molar-refractivity contribution < 1.29 is 12.8 Å². The molecule has 1 aliphatic carbocycles. The van der Waals surface area contributed by atoms with E-state index in [2.05, 4.69) is 4.72 Å². The van der Waals surface area contributed by atoms with Gasteiger partial charge in [0.15, 0.2) is 5.82 Å². The van der Waals surface area contributed by atoms with E-state index in [1.165, 1.54) is 6.07 Å². The van der Waals surface area contributed by atoms with E-state index < -0.39 is 20.7 Å². The zero-order valence-electron chi connectivity index (χ0n) is 9.78. The minimum Gasteiger partial charge on any atom is -0.399 e. The van der Waals surface area contributed by atoms with Crippen LogP contribution in [0.2, 0.25) is 5.02 Å². The third-order valence-electron chi connectivity index (χ3n) is 2.98. The number of sulfonamides is 1. The maximum Gasteiger partial charge on any atom is 0.243 e. The Labute approximate surface area is 110 Å². The van der Waals surface area contributed by atoms with Gasteiger partial charge in [-0.1, -0.05) is 11.6 Å². The SMILES string of the molecule is CC(NS(=O)(=O)c1cc(N)cc(Cl)c1F)C1CC1. The number of halogens is 2. The highest BCUT2D eigenvalue weighted by atomic mass is 35.5. The van der Waals surface area contributed by atoms with Crippen molar-refractivity contribution in [3.63, 3.8) is 0 Å². The fourth-order valence-corrected chi connectivity index (χ4v) is 3.51. The first-order chi connectivity index (χ1) is 8.31. The predicted octanol–water partition coefficient (Wildman–Crippen LogP) is 2.14. The van der Waals surface area contributed by atoms with E-state index in [1.807, 2.05) is 0 Å². The van der Waals surface area contributed by atoms with Gasteiger partial charge in [0, 0.05) is 11.7 Å². The molecule has 0 amide bonds. The summed E-state index contributed by atoms with van der Waals surface area (Å²) < 4.78 is 40.3. The Balaban J connectivity index is 2.34. The molecule has 0 saturated heterocycles. The van der Waals surface area contributed by atoms with Crippen molar-refractivity contribution in [1.29, 1.82) is 0 Å². The molecular formula is C11H14ClFN2O2S. The highest BCUT2D eigenvalue weighted by molar-refractivity contribution is 7.89. The predicted molar refractivity (Wildman–Crippen MR) is 68.3 cm³/mol. The Morgan fingerprint density at radius 3 is 2.67 bits per heavy atom. The Morgan fingerprint density at radius 1 is 1.50 bits per heavy atom. The Morgan fingerprint density at radius 2 is 2.11 bits per heavy atom. The van der Waals surface area contributed by atoms with Crippen LogP contribution >= 0.6 is 11.6 Å². The highest BCUT2D eigenvalue weighted by Gasteiger charge is 2.32. The van der Waals surface area contributed by atoms with E-state index >= 15 is 0 Å². The van der Waals surface area contributed by atoms with Crippen molar-refractivity contribution in [2.45, 2.75) is 30.7 Å². The van der Waals surface area contributed by atoms with Crippen molar-refractivity contribution in [2.24, 2.45) is 5.92 Å². The van der Waals surface area contributed by atoms with Crippen LogP contribution in [0.5, 0.6) is 0 Å². The normalized spacial score (nSPS) is 17.7. The fourth-order valence-electron chi connectivity index (χ4n) is 1.78. The first-order valence-corrected chi connectivity index (χ1v) is 7.44. The van der Waals surface area contributed by atoms with Crippen LogP contribution in [-0.2, 0) is 10.0 Å². The number of anilines is 1. The van der Waals surface area contributed by atoms with Crippen LogP contribution in [0.4, 0.5) is 10.1 Å². The van der Waals surface area contributed by atoms with Crippen molar-refractivity contribution >= 4 is 27.3 Å². The van der Waals surface area contributed by atoms with E-state index in [0.717, 1.165) is 18.9 Å². The maximum atomic E-state index is 13.7. The summed E-state index contributed by atoms with van der Waals surface area (Å²) in [4.78, 5) is -0.500. The third-order valence-corrected chi connectivity index (χ3v) is 4.81. The number of benzene rings is 1. The maximum absolute atomic E-state index is 13.7. The molecule has 3 N–H and O–H groups in total. The Bertz CT molecular complexity index is 573. The van der Waals surface area contributed by atoms with Gasteiger partial charge in [-0.3, -0.25) is 0 Å². The molecule has 0 spiro atoms. The van der Waals surface area contributed by atoms with E-state index in [9.17, 15) is 12.8 Å². The van der Waals surface area contributed by atoms with Crippen LogP contribution in [-0.4, -0.2) is 14.5 Å². The fraction of sp³-hybridized carbons (Fsp3) is 0.455. The van der Waals surface area contributed by atoms with Crippen LogP contribution in [0, 0.1) is 11.7 Å². The molecule has 18 heavy (non-hydrogen) atoms. The summed E-state index contributed by atoms with van der Waals surface area (Å²) in [5, 5.41) is -0.297. The lowest BCUT2D eigenvalue weighted by Gasteiger charge is -2.14. The smallest absolute Gasteiger partial charge is 0.243 e. The number of nitrogens with two attached hydrogens (primary N) is 1. The van der Waals surface area contributed by atoms with Gasteiger partial charge in [-0.25, -0.2) is 17.5 Å². The molecule has 0 aromatic heterocycles. The van der Waals surface area contributed by atoms with Gasteiger partial charge in [0.1, 0.15) is 4.90 Å². The minimum atomic E-state index is -3.93. The lowest BCUT2D eigenvalue weighted by Crippen LogP contribution is -2.34. The molecule has 1 aliphatic rings. The summed E-state index contributed by atoms with van der Waals surface area (Å²) in [7, 11) is -3.93. The molecule has 1 atom stereocenters. The van der Waals surface area contributed by atoms with Gasteiger partial charge in [-0.15, -0.1) is 0 Å². The van der Waals surface area contributed by atoms with Crippen LogP contribution in [0.25, 0.3) is 0 Å². The lowest BCUT2D eigenvalue weighted by atomic mass is 10.2. The minimum absolute atomic E-state index is 0.112. The largest absolute Gasteiger partial charge is 0.399 e. The molecule has 0 aliphatic heterocycles. The molecule has 1 aromatic carbocycles. The quantitative estimate of drug-likeness (QED) is 0.835. The summed E-state index contributed by atoms with van der Waals surface area (Å²) in [5.74, 6) is -0.638. The standard InChI is InChI=1S/C11H14ClFN2O2S/c1-6(7-2-3-7)15-18(16,17)10-5-8(14)4-9(12)11(10)13/h4-7,15H,2-3,14H2,1H3. The van der Waals surface area contributed by atoms with Gasteiger partial charge >= 0.3 is 0 Å². The zero-order valence-corrected chi connectivity index (χ0v) is 11.4.